The van der Waals surface area contributed by atoms with Crippen LogP contribution in [0.2, 0.25) is 0 Å². The molecule has 3 rings (SSSR count). The summed E-state index contributed by atoms with van der Waals surface area (Å²) in [5.41, 5.74) is -0.221. The molecule has 0 aromatic heterocycles. The van der Waals surface area contributed by atoms with E-state index >= 15 is 0 Å². The predicted molar refractivity (Wildman–Crippen MR) is 102 cm³/mol. The summed E-state index contributed by atoms with van der Waals surface area (Å²) in [6.45, 7) is 7.18. The van der Waals surface area contributed by atoms with Crippen LogP contribution in [0.25, 0.3) is 0 Å². The van der Waals surface area contributed by atoms with E-state index in [2.05, 4.69) is 4.99 Å². The molecule has 1 aliphatic heterocycles. The van der Waals surface area contributed by atoms with Crippen LogP contribution in [0.15, 0.2) is 40.5 Å². The molecule has 0 amide bonds. The average molecular weight is 407 g/mol. The van der Waals surface area contributed by atoms with Gasteiger partial charge in [0, 0.05) is 29.3 Å². The Labute approximate surface area is 167 Å². The smallest absolute Gasteiger partial charge is 0.416 e. The zero-order chi connectivity index (χ0) is 21.6. The van der Waals surface area contributed by atoms with Gasteiger partial charge in [-0.25, -0.2) is 0 Å². The Kier molecular flexibility index (Phi) is 5.45. The fraction of sp³-hybridized carbons (Fsp3) is 0.500. The van der Waals surface area contributed by atoms with Crippen LogP contribution in [0.4, 0.5) is 13.2 Å². The Morgan fingerprint density at radius 1 is 1.24 bits per heavy atom. The van der Waals surface area contributed by atoms with E-state index in [1.165, 1.54) is 18.2 Å². The summed E-state index contributed by atoms with van der Waals surface area (Å²) < 4.78 is 46.5. The van der Waals surface area contributed by atoms with Crippen molar-refractivity contribution in [2.24, 2.45) is 16.3 Å². The quantitative estimate of drug-likeness (QED) is 0.656. The second-order valence-electron chi connectivity index (χ2n) is 8.35. The molecule has 156 valence electrons. The number of hydrogen-bond donors (Lipinski definition) is 0. The van der Waals surface area contributed by atoms with Gasteiger partial charge in [0.2, 0.25) is 0 Å². The summed E-state index contributed by atoms with van der Waals surface area (Å²) in [7, 11) is 0. The number of aliphatic imine (C=N–C) groups is 1. The molecule has 29 heavy (non-hydrogen) atoms. The average Bonchev–Trinajstić information content (AvgIpc) is 2.58. The van der Waals surface area contributed by atoms with Crippen LogP contribution in [0.5, 0.6) is 0 Å². The summed E-state index contributed by atoms with van der Waals surface area (Å²) >= 11 is 0. The molecule has 1 aromatic carbocycles. The number of carbonyl (C=O) groups is 2. The van der Waals surface area contributed by atoms with Gasteiger partial charge >= 0.3 is 12.1 Å². The van der Waals surface area contributed by atoms with E-state index in [9.17, 15) is 22.8 Å². The van der Waals surface area contributed by atoms with Gasteiger partial charge in [0.1, 0.15) is 5.92 Å². The molecule has 2 atom stereocenters. The third-order valence-electron chi connectivity index (χ3n) is 5.44. The van der Waals surface area contributed by atoms with Crippen LogP contribution in [0.3, 0.4) is 0 Å². The molecule has 4 nitrogen and oxygen atoms in total. The molecule has 1 unspecified atom stereocenters. The van der Waals surface area contributed by atoms with E-state index in [1.54, 1.807) is 13.8 Å². The molecule has 0 spiro atoms. The first-order chi connectivity index (χ1) is 13.5. The van der Waals surface area contributed by atoms with Crippen molar-refractivity contribution in [2.75, 3.05) is 6.61 Å². The lowest BCUT2D eigenvalue weighted by Gasteiger charge is -2.39. The molecule has 1 aromatic rings. The first-order valence-electron chi connectivity index (χ1n) is 9.60. The standard InChI is InChI=1S/C22H24F3NO3/c1-5-29-20(28)17-12(2)26-15-10-21(3,4)11-16(27)19(15)18(17)13-8-6-7-9-14(13)22(23,24)25/h6-9,17-18H,5,10-11H2,1-4H3/t17?,18-/m1/s1. The molecule has 0 fully saturated rings. The number of allylic oxidation sites excluding steroid dienone is 2. The topological polar surface area (TPSA) is 55.7 Å². The first-order valence-corrected chi connectivity index (χ1v) is 9.60. The molecule has 1 heterocycles. The van der Waals surface area contributed by atoms with Gasteiger partial charge in [-0.2, -0.15) is 13.2 Å². The van der Waals surface area contributed by atoms with Gasteiger partial charge in [-0.1, -0.05) is 32.0 Å². The maximum absolute atomic E-state index is 13.8. The highest BCUT2D eigenvalue weighted by molar-refractivity contribution is 6.09. The zero-order valence-corrected chi connectivity index (χ0v) is 16.9. The largest absolute Gasteiger partial charge is 0.465 e. The fourth-order valence-corrected chi connectivity index (χ4v) is 4.34. The Morgan fingerprint density at radius 2 is 1.90 bits per heavy atom. The van der Waals surface area contributed by atoms with Gasteiger partial charge in [0.15, 0.2) is 5.78 Å². The van der Waals surface area contributed by atoms with Crippen molar-refractivity contribution in [1.29, 1.82) is 0 Å². The molecular formula is C22H24F3NO3. The molecule has 0 radical (unpaired) electrons. The molecule has 1 aliphatic carbocycles. The molecule has 0 saturated carbocycles. The second kappa shape index (κ2) is 7.43. The minimum atomic E-state index is -4.62. The van der Waals surface area contributed by atoms with Gasteiger partial charge in [-0.15, -0.1) is 0 Å². The van der Waals surface area contributed by atoms with Crippen molar-refractivity contribution >= 4 is 17.5 Å². The van der Waals surface area contributed by atoms with Gasteiger partial charge in [-0.05, 0) is 37.3 Å². The minimum Gasteiger partial charge on any atom is -0.465 e. The van der Waals surface area contributed by atoms with Gasteiger partial charge in [-0.3, -0.25) is 14.6 Å². The Hall–Kier alpha value is -2.44. The molecule has 0 saturated heterocycles. The normalized spacial score (nSPS) is 24.1. The van der Waals surface area contributed by atoms with E-state index < -0.39 is 29.5 Å². The van der Waals surface area contributed by atoms with Crippen LogP contribution in [-0.4, -0.2) is 24.1 Å². The lowest BCUT2D eigenvalue weighted by atomic mass is 9.66. The number of rotatable bonds is 3. The number of nitrogens with zero attached hydrogens (tertiary/aromatic N) is 1. The fourth-order valence-electron chi connectivity index (χ4n) is 4.34. The minimum absolute atomic E-state index is 0.0864. The number of ketones is 1. The second-order valence-corrected chi connectivity index (χ2v) is 8.35. The number of benzene rings is 1. The Balaban J connectivity index is 2.27. The van der Waals surface area contributed by atoms with E-state index in [-0.39, 0.29) is 35.4 Å². The van der Waals surface area contributed by atoms with Gasteiger partial charge in [0.05, 0.1) is 12.2 Å². The maximum Gasteiger partial charge on any atom is 0.416 e. The number of carbonyl (C=O) groups excluding carboxylic acids is 2. The van der Waals surface area contributed by atoms with Crippen molar-refractivity contribution in [3.05, 3.63) is 46.7 Å². The van der Waals surface area contributed by atoms with Gasteiger partial charge < -0.3 is 4.74 Å². The number of halogens is 3. The van der Waals surface area contributed by atoms with Crippen LogP contribution in [0.1, 0.15) is 57.6 Å². The van der Waals surface area contributed by atoms with Crippen molar-refractivity contribution in [2.45, 2.75) is 52.6 Å². The number of esters is 1. The zero-order valence-electron chi connectivity index (χ0n) is 16.9. The van der Waals surface area contributed by atoms with Gasteiger partial charge in [0.25, 0.3) is 0 Å². The molecule has 0 bridgehead atoms. The molecular weight excluding hydrogens is 383 g/mol. The van der Waals surface area contributed by atoms with Crippen LogP contribution < -0.4 is 0 Å². The summed E-state index contributed by atoms with van der Waals surface area (Å²) in [5.74, 6) is -3.06. The van der Waals surface area contributed by atoms with E-state index in [0.717, 1.165) is 6.07 Å². The highest BCUT2D eigenvalue weighted by Crippen LogP contribution is 2.50. The number of ether oxygens (including phenoxy) is 1. The van der Waals surface area contributed by atoms with E-state index in [4.69, 9.17) is 4.74 Å². The van der Waals surface area contributed by atoms with Crippen molar-refractivity contribution in [3.8, 4) is 0 Å². The van der Waals surface area contributed by atoms with Crippen molar-refractivity contribution < 1.29 is 27.5 Å². The summed E-state index contributed by atoms with van der Waals surface area (Å²) in [6, 6.07) is 5.12. The van der Waals surface area contributed by atoms with Crippen molar-refractivity contribution in [3.63, 3.8) is 0 Å². The van der Waals surface area contributed by atoms with Crippen LogP contribution in [0, 0.1) is 11.3 Å². The van der Waals surface area contributed by atoms with E-state index in [0.29, 0.717) is 17.8 Å². The molecule has 7 heteroatoms. The Bertz CT molecular complexity index is 912. The number of hydrogen-bond acceptors (Lipinski definition) is 4. The van der Waals surface area contributed by atoms with E-state index in [1.807, 2.05) is 13.8 Å². The monoisotopic (exact) mass is 407 g/mol. The highest BCUT2D eigenvalue weighted by atomic mass is 19.4. The number of alkyl halides is 3. The lowest BCUT2D eigenvalue weighted by Crippen LogP contribution is -2.40. The third-order valence-corrected chi connectivity index (χ3v) is 5.44. The SMILES string of the molecule is CCOC(=O)C1C(C)=NC2=C(C(=O)CC(C)(C)C2)[C@@H]1c1ccccc1C(F)(F)F. The third kappa shape index (κ3) is 4.00. The summed E-state index contributed by atoms with van der Waals surface area (Å²) in [6.07, 6.45) is -3.96. The maximum atomic E-state index is 13.8. The van der Waals surface area contributed by atoms with Crippen molar-refractivity contribution in [1.82, 2.24) is 0 Å². The lowest BCUT2D eigenvalue weighted by molar-refractivity contribution is -0.147. The van der Waals surface area contributed by atoms with Crippen LogP contribution >= 0.6 is 0 Å². The predicted octanol–water partition coefficient (Wildman–Crippen LogP) is 5.09. The highest BCUT2D eigenvalue weighted by Gasteiger charge is 2.48. The first kappa shape index (κ1) is 21.3. The summed E-state index contributed by atoms with van der Waals surface area (Å²) in [4.78, 5) is 30.3. The summed E-state index contributed by atoms with van der Waals surface area (Å²) in [5, 5.41) is 0. The molecule has 0 N–H and O–H groups in total. The Morgan fingerprint density at radius 3 is 2.52 bits per heavy atom. The number of Topliss-reactive ketones (excluding diaryl/α,β-unsaturated/α-hetero) is 1. The van der Waals surface area contributed by atoms with Crippen LogP contribution in [-0.2, 0) is 20.5 Å². The molecule has 2 aliphatic rings.